The lowest BCUT2D eigenvalue weighted by molar-refractivity contribution is -0.192. The van der Waals surface area contributed by atoms with Crippen molar-refractivity contribution in [2.45, 2.75) is 58.0 Å². The molecule has 3 rings (SSSR count). The van der Waals surface area contributed by atoms with Crippen LogP contribution in [0.2, 0.25) is 0 Å². The molecule has 0 saturated heterocycles. The van der Waals surface area contributed by atoms with Gasteiger partial charge in [0.1, 0.15) is 15.9 Å². The number of nitrogens with zero attached hydrogens (tertiary/aromatic N) is 2. The molecule has 0 radical (unpaired) electrons. The van der Waals surface area contributed by atoms with Gasteiger partial charge in [0, 0.05) is 34.9 Å². The van der Waals surface area contributed by atoms with Gasteiger partial charge >= 0.3 is 18.2 Å². The van der Waals surface area contributed by atoms with Gasteiger partial charge in [-0.1, -0.05) is 39.8 Å². The van der Waals surface area contributed by atoms with Gasteiger partial charge in [0.25, 0.3) is 10.0 Å². The van der Waals surface area contributed by atoms with Crippen molar-refractivity contribution in [1.29, 1.82) is 0 Å². The van der Waals surface area contributed by atoms with Crippen molar-refractivity contribution in [1.82, 2.24) is 19.6 Å². The molecule has 2 heterocycles. The second-order valence-electron chi connectivity index (χ2n) is 9.93. The third-order valence-corrected chi connectivity index (χ3v) is 8.39. The highest BCUT2D eigenvalue weighted by Crippen LogP contribution is 2.37. The van der Waals surface area contributed by atoms with E-state index in [2.05, 4.69) is 15.0 Å². The van der Waals surface area contributed by atoms with Crippen molar-refractivity contribution in [2.75, 3.05) is 6.54 Å². The van der Waals surface area contributed by atoms with Gasteiger partial charge in [0.05, 0.1) is 6.54 Å². The highest BCUT2D eigenvalue weighted by Gasteiger charge is 2.38. The summed E-state index contributed by atoms with van der Waals surface area (Å²) in [5, 5.41) is 9.68. The summed E-state index contributed by atoms with van der Waals surface area (Å²) in [5.41, 5.74) is 1.30. The standard InChI is InChI=1S/C24H31FN4O3S2.C2HF3O2/c1-15(2)10-20-12-21(23(33-20)34(31,32)28-24(30)27-13-16(3)4)18-6-7-19(22(25)11-18)14-29-9-8-26-17(29)5;3-2(4,5)1(6)7/h6-9,11-12,15-16H,10,13-14H2,1-5H3,(H2,27,28,30);(H,6,7). The molecule has 0 atom stereocenters. The number of carbonyl (C=O) groups is 2. The number of aliphatic carboxylic acids is 1. The molecule has 0 aliphatic heterocycles. The SMILES string of the molecule is Cc1nccn1Cc1ccc(-c2cc(CC(C)C)sc2S(=O)(=O)NC(=O)NCC(C)C)cc1F.O=C(O)C(F)(F)F. The van der Waals surface area contributed by atoms with E-state index in [9.17, 15) is 26.4 Å². The smallest absolute Gasteiger partial charge is 0.475 e. The van der Waals surface area contributed by atoms with Crippen molar-refractivity contribution in [2.24, 2.45) is 11.8 Å². The fourth-order valence-corrected chi connectivity index (χ4v) is 6.30. The fraction of sp³-hybridized carbons (Fsp3) is 0.423. The van der Waals surface area contributed by atoms with E-state index < -0.39 is 34.0 Å². The summed E-state index contributed by atoms with van der Waals surface area (Å²) in [6.45, 7) is 10.4. The summed E-state index contributed by atoms with van der Waals surface area (Å²) < 4.78 is 76.9. The maximum Gasteiger partial charge on any atom is 0.490 e. The summed E-state index contributed by atoms with van der Waals surface area (Å²) in [6, 6.07) is 5.71. The number of carboxylic acids is 1. The molecule has 3 aromatic rings. The Morgan fingerprint density at radius 2 is 1.76 bits per heavy atom. The van der Waals surface area contributed by atoms with E-state index in [1.165, 1.54) is 6.07 Å². The summed E-state index contributed by atoms with van der Waals surface area (Å²) in [4.78, 5) is 26.1. The zero-order valence-electron chi connectivity index (χ0n) is 23.0. The van der Waals surface area contributed by atoms with Crippen molar-refractivity contribution in [3.8, 4) is 11.1 Å². The number of nitrogens with one attached hydrogen (secondary N) is 2. The Balaban J connectivity index is 0.000000745. The molecule has 15 heteroatoms. The number of aromatic nitrogens is 2. The van der Waals surface area contributed by atoms with E-state index in [4.69, 9.17) is 9.90 Å². The molecule has 9 nitrogen and oxygen atoms in total. The Hall–Kier alpha value is -3.46. The first-order valence-corrected chi connectivity index (χ1v) is 14.7. The van der Waals surface area contributed by atoms with Gasteiger partial charge in [-0.25, -0.2) is 32.1 Å². The van der Waals surface area contributed by atoms with E-state index in [0.29, 0.717) is 42.1 Å². The third kappa shape index (κ3) is 10.1. The zero-order valence-corrected chi connectivity index (χ0v) is 24.7. The summed E-state index contributed by atoms with van der Waals surface area (Å²) in [5.74, 6) is -1.94. The number of carboxylic acid groups (broad SMARTS) is 1. The van der Waals surface area contributed by atoms with E-state index in [1.54, 1.807) is 30.6 Å². The molecule has 3 N–H and O–H groups in total. The Kier molecular flexibility index (Phi) is 11.5. The van der Waals surface area contributed by atoms with Crippen molar-refractivity contribution < 1.29 is 40.7 Å². The van der Waals surface area contributed by atoms with Crippen LogP contribution in [0, 0.1) is 24.6 Å². The number of amides is 2. The minimum atomic E-state index is -5.08. The predicted molar refractivity (Wildman–Crippen MR) is 147 cm³/mol. The normalized spacial score (nSPS) is 11.8. The maximum atomic E-state index is 15.0. The number of urea groups is 1. The number of halogens is 4. The van der Waals surface area contributed by atoms with E-state index in [1.807, 2.05) is 39.2 Å². The number of sulfonamides is 1. The monoisotopic (exact) mass is 620 g/mol. The first-order valence-electron chi connectivity index (χ1n) is 12.4. The van der Waals surface area contributed by atoms with Gasteiger partial charge in [-0.3, -0.25) is 0 Å². The molecule has 2 amide bonds. The van der Waals surface area contributed by atoms with Crippen LogP contribution in [0.15, 0.2) is 40.9 Å². The Morgan fingerprint density at radius 1 is 1.12 bits per heavy atom. The zero-order chi connectivity index (χ0) is 31.1. The van der Waals surface area contributed by atoms with Crippen molar-refractivity contribution in [3.05, 3.63) is 58.7 Å². The third-order valence-electron chi connectivity index (χ3n) is 5.37. The number of imidazole rings is 1. The number of aryl methyl sites for hydroxylation is 1. The van der Waals surface area contributed by atoms with E-state index in [0.717, 1.165) is 22.0 Å². The Labute approximate surface area is 239 Å². The first kappa shape index (κ1) is 33.7. The molecule has 0 aliphatic rings. The van der Waals surface area contributed by atoms with Gasteiger partial charge in [-0.15, -0.1) is 11.3 Å². The number of alkyl halides is 3. The molecule has 41 heavy (non-hydrogen) atoms. The maximum absolute atomic E-state index is 15.0. The average Bonchev–Trinajstić information content (AvgIpc) is 3.44. The van der Waals surface area contributed by atoms with Gasteiger partial charge in [0.2, 0.25) is 0 Å². The number of carbonyl (C=O) groups excluding carboxylic acids is 1. The molecule has 0 unspecified atom stereocenters. The van der Waals surface area contributed by atoms with E-state index in [-0.39, 0.29) is 10.1 Å². The topological polar surface area (TPSA) is 130 Å². The molecular formula is C26H32F4N4O5S2. The second kappa shape index (κ2) is 13.9. The van der Waals surface area contributed by atoms with Crippen LogP contribution < -0.4 is 10.0 Å². The minimum absolute atomic E-state index is 0.000418. The summed E-state index contributed by atoms with van der Waals surface area (Å²) in [7, 11) is -4.15. The van der Waals surface area contributed by atoms with Crippen LogP contribution in [-0.4, -0.2) is 47.8 Å². The molecule has 1 aromatic carbocycles. The molecule has 2 aromatic heterocycles. The number of thiophene rings is 1. The molecule has 0 spiro atoms. The van der Waals surface area contributed by atoms with Crippen LogP contribution >= 0.6 is 11.3 Å². The van der Waals surface area contributed by atoms with Crippen molar-refractivity contribution >= 4 is 33.4 Å². The fourth-order valence-electron chi connectivity index (χ4n) is 3.43. The van der Waals surface area contributed by atoms with Crippen LogP contribution in [0.1, 0.15) is 44.0 Å². The number of benzene rings is 1. The highest BCUT2D eigenvalue weighted by molar-refractivity contribution is 7.92. The lowest BCUT2D eigenvalue weighted by Gasteiger charge is -2.11. The van der Waals surface area contributed by atoms with Crippen LogP contribution in [-0.2, 0) is 27.8 Å². The van der Waals surface area contributed by atoms with Crippen LogP contribution in [0.4, 0.5) is 22.4 Å². The van der Waals surface area contributed by atoms with Gasteiger partial charge < -0.3 is 15.0 Å². The van der Waals surface area contributed by atoms with Crippen LogP contribution in [0.5, 0.6) is 0 Å². The number of hydrogen-bond donors (Lipinski definition) is 3. The minimum Gasteiger partial charge on any atom is -0.475 e. The summed E-state index contributed by atoms with van der Waals surface area (Å²) >= 11 is 1.11. The summed E-state index contributed by atoms with van der Waals surface area (Å²) in [6.07, 6.45) is -0.974. The largest absolute Gasteiger partial charge is 0.490 e. The quantitative estimate of drug-likeness (QED) is 0.268. The van der Waals surface area contributed by atoms with Gasteiger partial charge in [-0.2, -0.15) is 13.2 Å². The molecule has 226 valence electrons. The number of rotatable bonds is 9. The molecule has 0 aliphatic carbocycles. The molecular weight excluding hydrogens is 588 g/mol. The lowest BCUT2D eigenvalue weighted by Crippen LogP contribution is -2.40. The Morgan fingerprint density at radius 3 is 2.24 bits per heavy atom. The molecule has 0 bridgehead atoms. The molecule has 0 fully saturated rings. The highest BCUT2D eigenvalue weighted by atomic mass is 32.2. The van der Waals surface area contributed by atoms with Crippen molar-refractivity contribution in [3.63, 3.8) is 0 Å². The van der Waals surface area contributed by atoms with Crippen LogP contribution in [0.25, 0.3) is 11.1 Å². The average molecular weight is 621 g/mol. The predicted octanol–water partition coefficient (Wildman–Crippen LogP) is 5.58. The lowest BCUT2D eigenvalue weighted by atomic mass is 10.0. The van der Waals surface area contributed by atoms with Gasteiger partial charge in [0.15, 0.2) is 0 Å². The Bertz CT molecular complexity index is 1460. The van der Waals surface area contributed by atoms with Crippen LogP contribution in [0.3, 0.4) is 0 Å². The second-order valence-corrected chi connectivity index (χ2v) is 12.9. The first-order chi connectivity index (χ1) is 18.9. The van der Waals surface area contributed by atoms with E-state index >= 15 is 4.39 Å². The molecule has 0 saturated carbocycles. The van der Waals surface area contributed by atoms with Gasteiger partial charge in [-0.05, 0) is 42.9 Å². The number of hydrogen-bond acceptors (Lipinski definition) is 6.